The second-order valence-corrected chi connectivity index (χ2v) is 5.63. The van der Waals surface area contributed by atoms with Crippen LogP contribution < -0.4 is 0 Å². The maximum absolute atomic E-state index is 10.4. The van der Waals surface area contributed by atoms with Gasteiger partial charge in [0.2, 0.25) is 0 Å². The monoisotopic (exact) mass is 274 g/mol. The van der Waals surface area contributed by atoms with Gasteiger partial charge in [-0.3, -0.25) is 4.79 Å². The zero-order valence-corrected chi connectivity index (χ0v) is 9.45. The number of aldehydes is 1. The highest BCUT2D eigenvalue weighted by Gasteiger charge is 2.07. The largest absolute Gasteiger partial charge is 0.297 e. The third-order valence-corrected chi connectivity index (χ3v) is 3.84. The summed E-state index contributed by atoms with van der Waals surface area (Å²) in [4.78, 5) is 19.2. The molecular weight excluding hydrogens is 272 g/mol. The van der Waals surface area contributed by atoms with Gasteiger partial charge in [0.25, 0.3) is 0 Å². The third-order valence-electron chi connectivity index (χ3n) is 1.30. The molecule has 13 heavy (non-hydrogen) atoms. The number of aromatic nitrogens is 2. The molecule has 0 radical (unpaired) electrons. The number of rotatable bonds is 2. The number of halogens is 1. The minimum absolute atomic E-state index is 0.626. The second kappa shape index (κ2) is 3.65. The Balaban J connectivity index is 2.40. The van der Waals surface area contributed by atoms with Crippen molar-refractivity contribution in [2.75, 3.05) is 0 Å². The molecule has 0 N–H and O–H groups in total. The van der Waals surface area contributed by atoms with Gasteiger partial charge in [-0.2, -0.15) is 0 Å². The summed E-state index contributed by atoms with van der Waals surface area (Å²) in [6.07, 6.45) is 4.08. The standard InChI is InChI=1S/C7H3BrN2OS2/c8-5-2-10-7(13-5)6-9-1-4(3-11)12-6/h1-3H. The molecule has 2 aromatic heterocycles. The van der Waals surface area contributed by atoms with Crippen molar-refractivity contribution < 1.29 is 4.79 Å². The minimum Gasteiger partial charge on any atom is -0.297 e. The molecule has 6 heteroatoms. The lowest BCUT2D eigenvalue weighted by molar-refractivity contribution is 0.112. The van der Waals surface area contributed by atoms with Crippen LogP contribution in [0, 0.1) is 0 Å². The third kappa shape index (κ3) is 1.84. The summed E-state index contributed by atoms with van der Waals surface area (Å²) in [7, 11) is 0. The van der Waals surface area contributed by atoms with Gasteiger partial charge in [0.15, 0.2) is 16.3 Å². The summed E-state index contributed by atoms with van der Waals surface area (Å²) >= 11 is 6.17. The van der Waals surface area contributed by atoms with Crippen LogP contribution >= 0.6 is 38.6 Å². The highest BCUT2D eigenvalue weighted by Crippen LogP contribution is 2.30. The van der Waals surface area contributed by atoms with Crippen molar-refractivity contribution in [3.63, 3.8) is 0 Å². The first-order chi connectivity index (χ1) is 6.29. The fourth-order valence-electron chi connectivity index (χ4n) is 0.793. The Labute approximate surface area is 90.6 Å². The summed E-state index contributed by atoms with van der Waals surface area (Å²) in [6.45, 7) is 0. The summed E-state index contributed by atoms with van der Waals surface area (Å²) in [5.74, 6) is 0. The van der Waals surface area contributed by atoms with Crippen LogP contribution in [-0.2, 0) is 0 Å². The predicted octanol–water partition coefficient (Wildman–Crippen LogP) is 2.84. The van der Waals surface area contributed by atoms with Gasteiger partial charge in [-0.25, -0.2) is 9.97 Å². The van der Waals surface area contributed by atoms with Crippen LogP contribution in [-0.4, -0.2) is 16.3 Å². The normalized spacial score (nSPS) is 10.2. The van der Waals surface area contributed by atoms with Gasteiger partial charge >= 0.3 is 0 Å². The van der Waals surface area contributed by atoms with E-state index in [4.69, 9.17) is 0 Å². The number of hydrogen-bond acceptors (Lipinski definition) is 5. The minimum atomic E-state index is 0.626. The van der Waals surface area contributed by atoms with E-state index in [0.29, 0.717) is 4.88 Å². The molecule has 0 bridgehead atoms. The van der Waals surface area contributed by atoms with Crippen molar-refractivity contribution in [1.29, 1.82) is 0 Å². The number of thiazole rings is 2. The molecule has 0 aliphatic heterocycles. The quantitative estimate of drug-likeness (QED) is 0.791. The molecule has 0 fully saturated rings. The molecular formula is C7H3BrN2OS2. The van der Waals surface area contributed by atoms with E-state index in [-0.39, 0.29) is 0 Å². The van der Waals surface area contributed by atoms with E-state index >= 15 is 0 Å². The van der Waals surface area contributed by atoms with Crippen LogP contribution in [0.1, 0.15) is 9.67 Å². The molecule has 0 spiro atoms. The molecule has 2 heterocycles. The van der Waals surface area contributed by atoms with E-state index in [9.17, 15) is 4.79 Å². The van der Waals surface area contributed by atoms with E-state index < -0.39 is 0 Å². The number of carbonyl (C=O) groups is 1. The fraction of sp³-hybridized carbons (Fsp3) is 0. The first kappa shape index (κ1) is 8.98. The molecule has 0 aromatic carbocycles. The van der Waals surface area contributed by atoms with E-state index in [0.717, 1.165) is 20.1 Å². The van der Waals surface area contributed by atoms with Crippen LogP contribution in [0.4, 0.5) is 0 Å². The zero-order valence-electron chi connectivity index (χ0n) is 6.23. The van der Waals surface area contributed by atoms with E-state index in [1.807, 2.05) is 0 Å². The Morgan fingerprint density at radius 3 is 2.46 bits per heavy atom. The van der Waals surface area contributed by atoms with Crippen molar-refractivity contribution >= 4 is 44.9 Å². The molecule has 3 nitrogen and oxygen atoms in total. The molecule has 0 amide bonds. The average molecular weight is 275 g/mol. The van der Waals surface area contributed by atoms with Gasteiger partial charge in [0, 0.05) is 6.20 Å². The SMILES string of the molecule is O=Cc1cnc(-c2ncc(Br)s2)s1. The topological polar surface area (TPSA) is 42.9 Å². The second-order valence-electron chi connectivity index (χ2n) is 2.16. The van der Waals surface area contributed by atoms with Gasteiger partial charge in [-0.15, -0.1) is 22.7 Å². The lowest BCUT2D eigenvalue weighted by Gasteiger charge is -1.82. The summed E-state index contributed by atoms with van der Waals surface area (Å²) in [5.41, 5.74) is 0. The smallest absolute Gasteiger partial charge is 0.161 e. The van der Waals surface area contributed by atoms with E-state index in [1.54, 1.807) is 12.4 Å². The molecule has 0 aliphatic carbocycles. The lowest BCUT2D eigenvalue weighted by atomic mass is 10.6. The highest BCUT2D eigenvalue weighted by molar-refractivity contribution is 9.11. The first-order valence-corrected chi connectivity index (χ1v) is 5.75. The van der Waals surface area contributed by atoms with Gasteiger partial charge in [0.1, 0.15) is 0 Å². The van der Waals surface area contributed by atoms with Crippen molar-refractivity contribution in [1.82, 2.24) is 9.97 Å². The van der Waals surface area contributed by atoms with Gasteiger partial charge in [0.05, 0.1) is 14.9 Å². The van der Waals surface area contributed by atoms with E-state index in [2.05, 4.69) is 25.9 Å². The molecule has 0 aliphatic rings. The molecule has 66 valence electrons. The number of nitrogens with zero attached hydrogens (tertiary/aromatic N) is 2. The van der Waals surface area contributed by atoms with Crippen LogP contribution in [0.5, 0.6) is 0 Å². The summed E-state index contributed by atoms with van der Waals surface area (Å²) < 4.78 is 0.963. The average Bonchev–Trinajstić information content (AvgIpc) is 2.71. The molecule has 0 unspecified atom stereocenters. The molecule has 0 saturated carbocycles. The number of carbonyl (C=O) groups excluding carboxylic acids is 1. The van der Waals surface area contributed by atoms with Crippen molar-refractivity contribution in [3.05, 3.63) is 21.1 Å². The van der Waals surface area contributed by atoms with Crippen molar-refractivity contribution in [3.8, 4) is 10.0 Å². The van der Waals surface area contributed by atoms with Crippen LogP contribution in [0.15, 0.2) is 16.2 Å². The van der Waals surface area contributed by atoms with Crippen molar-refractivity contribution in [2.45, 2.75) is 0 Å². The highest BCUT2D eigenvalue weighted by atomic mass is 79.9. The Morgan fingerprint density at radius 1 is 1.23 bits per heavy atom. The van der Waals surface area contributed by atoms with Crippen LogP contribution in [0.25, 0.3) is 10.0 Å². The van der Waals surface area contributed by atoms with Gasteiger partial charge < -0.3 is 0 Å². The maximum atomic E-state index is 10.4. The molecule has 0 atom stereocenters. The Kier molecular flexibility index (Phi) is 2.52. The Hall–Kier alpha value is -0.590. The van der Waals surface area contributed by atoms with Gasteiger partial charge in [-0.05, 0) is 15.9 Å². The predicted molar refractivity (Wildman–Crippen MR) is 56.3 cm³/mol. The summed E-state index contributed by atoms with van der Waals surface area (Å²) in [5, 5.41) is 1.63. The van der Waals surface area contributed by atoms with E-state index in [1.165, 1.54) is 22.7 Å². The fourth-order valence-corrected chi connectivity index (χ4v) is 2.76. The summed E-state index contributed by atoms with van der Waals surface area (Å²) in [6, 6.07) is 0. The van der Waals surface area contributed by atoms with Crippen molar-refractivity contribution in [2.24, 2.45) is 0 Å². The van der Waals surface area contributed by atoms with Crippen LogP contribution in [0.3, 0.4) is 0 Å². The molecule has 2 rings (SSSR count). The zero-order chi connectivity index (χ0) is 9.26. The first-order valence-electron chi connectivity index (χ1n) is 3.32. The Bertz CT molecular complexity index is 437. The maximum Gasteiger partial charge on any atom is 0.161 e. The van der Waals surface area contributed by atoms with Crippen LogP contribution in [0.2, 0.25) is 0 Å². The Morgan fingerprint density at radius 2 is 1.92 bits per heavy atom. The molecule has 0 saturated heterocycles. The lowest BCUT2D eigenvalue weighted by Crippen LogP contribution is -1.68. The number of hydrogen-bond donors (Lipinski definition) is 0. The molecule has 2 aromatic rings. The van der Waals surface area contributed by atoms with Gasteiger partial charge in [-0.1, -0.05) is 0 Å².